The maximum atomic E-state index is 13.7. The monoisotopic (exact) mass is 349 g/mol. The normalized spacial score (nSPS) is 11.9. The van der Waals surface area contributed by atoms with E-state index in [1.54, 1.807) is 16.9 Å². The van der Waals surface area contributed by atoms with Gasteiger partial charge in [-0.2, -0.15) is 5.10 Å². The lowest BCUT2D eigenvalue weighted by Gasteiger charge is -2.16. The number of anilines is 1. The number of nitrogens with one attached hydrogen (secondary N) is 1. The zero-order valence-corrected chi connectivity index (χ0v) is 14.4. The average molecular weight is 349 g/mol. The van der Waals surface area contributed by atoms with Gasteiger partial charge in [0.15, 0.2) is 17.7 Å². The fourth-order valence-electron chi connectivity index (χ4n) is 2.13. The number of amides is 1. The molecule has 0 aliphatic carbocycles. The SMILES string of the molecule is COc1ccc(C(=O)O[C@@H](C)C(=O)Nc2ccnn2C(C)C)cc1F. The van der Waals surface area contributed by atoms with E-state index in [0.29, 0.717) is 5.82 Å². The van der Waals surface area contributed by atoms with Gasteiger partial charge in [0.1, 0.15) is 5.82 Å². The highest BCUT2D eigenvalue weighted by Gasteiger charge is 2.21. The predicted molar refractivity (Wildman–Crippen MR) is 89.1 cm³/mol. The lowest BCUT2D eigenvalue weighted by molar-refractivity contribution is -0.123. The number of aromatic nitrogens is 2. The van der Waals surface area contributed by atoms with Crippen molar-refractivity contribution in [1.82, 2.24) is 9.78 Å². The molecule has 0 radical (unpaired) electrons. The van der Waals surface area contributed by atoms with Crippen molar-refractivity contribution in [2.75, 3.05) is 12.4 Å². The average Bonchev–Trinajstić information content (AvgIpc) is 3.02. The summed E-state index contributed by atoms with van der Waals surface area (Å²) in [6.45, 7) is 5.28. The number of halogens is 1. The van der Waals surface area contributed by atoms with E-state index < -0.39 is 23.8 Å². The van der Waals surface area contributed by atoms with E-state index in [9.17, 15) is 14.0 Å². The van der Waals surface area contributed by atoms with Gasteiger partial charge in [-0.1, -0.05) is 0 Å². The number of hydrogen-bond donors (Lipinski definition) is 1. The van der Waals surface area contributed by atoms with Crippen LogP contribution in [-0.2, 0) is 9.53 Å². The number of carbonyl (C=O) groups is 2. The molecule has 2 rings (SSSR count). The molecule has 25 heavy (non-hydrogen) atoms. The Labute approximate surface area is 144 Å². The van der Waals surface area contributed by atoms with Gasteiger partial charge in [0.25, 0.3) is 5.91 Å². The fraction of sp³-hybridized carbons (Fsp3) is 0.353. The third kappa shape index (κ3) is 4.34. The van der Waals surface area contributed by atoms with Crippen LogP contribution in [-0.4, -0.2) is 34.9 Å². The van der Waals surface area contributed by atoms with Crippen LogP contribution in [0.15, 0.2) is 30.5 Å². The van der Waals surface area contributed by atoms with E-state index in [2.05, 4.69) is 10.4 Å². The maximum Gasteiger partial charge on any atom is 0.339 e. The first-order chi connectivity index (χ1) is 11.8. The molecule has 2 aromatic rings. The third-order valence-electron chi connectivity index (χ3n) is 3.45. The summed E-state index contributed by atoms with van der Waals surface area (Å²) in [4.78, 5) is 24.3. The third-order valence-corrected chi connectivity index (χ3v) is 3.45. The molecular formula is C17H20FN3O4. The summed E-state index contributed by atoms with van der Waals surface area (Å²) in [5.74, 6) is -1.48. The first-order valence-corrected chi connectivity index (χ1v) is 7.72. The molecular weight excluding hydrogens is 329 g/mol. The van der Waals surface area contributed by atoms with Crippen LogP contribution in [0, 0.1) is 5.82 Å². The van der Waals surface area contributed by atoms with Crippen LogP contribution in [0.1, 0.15) is 37.2 Å². The van der Waals surface area contributed by atoms with Crippen molar-refractivity contribution in [3.05, 3.63) is 41.8 Å². The van der Waals surface area contributed by atoms with Gasteiger partial charge in [-0.25, -0.2) is 13.9 Å². The minimum Gasteiger partial charge on any atom is -0.494 e. The second kappa shape index (κ2) is 7.78. The molecule has 0 fully saturated rings. The second-order valence-corrected chi connectivity index (χ2v) is 5.64. The molecule has 0 saturated carbocycles. The van der Waals surface area contributed by atoms with Crippen LogP contribution in [0.25, 0.3) is 0 Å². The summed E-state index contributed by atoms with van der Waals surface area (Å²) < 4.78 is 25.2. The molecule has 0 saturated heterocycles. The summed E-state index contributed by atoms with van der Waals surface area (Å²) in [5, 5.41) is 6.75. The zero-order valence-electron chi connectivity index (χ0n) is 14.4. The van der Waals surface area contributed by atoms with Crippen molar-refractivity contribution in [2.24, 2.45) is 0 Å². The lowest BCUT2D eigenvalue weighted by atomic mass is 10.2. The highest BCUT2D eigenvalue weighted by atomic mass is 19.1. The van der Waals surface area contributed by atoms with Crippen molar-refractivity contribution in [2.45, 2.75) is 32.9 Å². The molecule has 0 unspecified atom stereocenters. The Hall–Kier alpha value is -2.90. The summed E-state index contributed by atoms with van der Waals surface area (Å²) in [6, 6.07) is 5.39. The van der Waals surface area contributed by atoms with Crippen molar-refractivity contribution in [1.29, 1.82) is 0 Å². The summed E-state index contributed by atoms with van der Waals surface area (Å²) in [6.07, 6.45) is 0.500. The molecule has 1 aromatic carbocycles. The van der Waals surface area contributed by atoms with Crippen molar-refractivity contribution in [3.63, 3.8) is 0 Å². The smallest absolute Gasteiger partial charge is 0.339 e. The molecule has 0 bridgehead atoms. The highest BCUT2D eigenvalue weighted by Crippen LogP contribution is 2.19. The maximum absolute atomic E-state index is 13.7. The number of esters is 1. The van der Waals surface area contributed by atoms with Crippen LogP contribution >= 0.6 is 0 Å². The second-order valence-electron chi connectivity index (χ2n) is 5.64. The van der Waals surface area contributed by atoms with Gasteiger partial charge in [0, 0.05) is 12.1 Å². The zero-order chi connectivity index (χ0) is 18.6. The van der Waals surface area contributed by atoms with Crippen molar-refractivity contribution in [3.8, 4) is 5.75 Å². The standard InChI is InChI=1S/C17H20FN3O4/c1-10(2)21-15(7-8-19-21)20-16(22)11(3)25-17(23)12-5-6-14(24-4)13(18)9-12/h5-11H,1-4H3,(H,20,22)/t11-/m0/s1. The predicted octanol–water partition coefficient (Wildman–Crippen LogP) is 2.80. The number of nitrogens with zero attached hydrogens (tertiary/aromatic N) is 2. The summed E-state index contributed by atoms with van der Waals surface area (Å²) >= 11 is 0. The Kier molecular flexibility index (Phi) is 5.74. The Balaban J connectivity index is 2.02. The molecule has 7 nitrogen and oxygen atoms in total. The van der Waals surface area contributed by atoms with Crippen LogP contribution in [0.3, 0.4) is 0 Å². The lowest BCUT2D eigenvalue weighted by Crippen LogP contribution is -2.31. The molecule has 8 heteroatoms. The number of rotatable bonds is 6. The summed E-state index contributed by atoms with van der Waals surface area (Å²) in [7, 11) is 1.32. The fourth-order valence-corrected chi connectivity index (χ4v) is 2.13. The Bertz CT molecular complexity index is 773. The van der Waals surface area contributed by atoms with E-state index in [1.807, 2.05) is 13.8 Å². The number of carbonyl (C=O) groups excluding carboxylic acids is 2. The number of benzene rings is 1. The molecule has 0 aliphatic heterocycles. The molecule has 1 heterocycles. The Morgan fingerprint density at radius 1 is 1.24 bits per heavy atom. The number of hydrogen-bond acceptors (Lipinski definition) is 5. The molecule has 1 atom stereocenters. The van der Waals surface area contributed by atoms with Crippen LogP contribution in [0.4, 0.5) is 10.2 Å². The molecule has 134 valence electrons. The molecule has 1 amide bonds. The van der Waals surface area contributed by atoms with Crippen LogP contribution < -0.4 is 10.1 Å². The van der Waals surface area contributed by atoms with Gasteiger partial charge in [-0.15, -0.1) is 0 Å². The minimum absolute atomic E-state index is 0.00910. The van der Waals surface area contributed by atoms with Crippen LogP contribution in [0.5, 0.6) is 5.75 Å². The highest BCUT2D eigenvalue weighted by molar-refractivity contribution is 5.96. The molecule has 0 aliphatic rings. The Morgan fingerprint density at radius 2 is 1.96 bits per heavy atom. The van der Waals surface area contributed by atoms with E-state index in [-0.39, 0.29) is 17.4 Å². The number of ether oxygens (including phenoxy) is 2. The van der Waals surface area contributed by atoms with Gasteiger partial charge < -0.3 is 14.8 Å². The quantitative estimate of drug-likeness (QED) is 0.811. The molecule has 0 spiro atoms. The van der Waals surface area contributed by atoms with Gasteiger partial charge in [-0.05, 0) is 39.0 Å². The van der Waals surface area contributed by atoms with E-state index in [0.717, 1.165) is 6.07 Å². The van der Waals surface area contributed by atoms with E-state index in [1.165, 1.54) is 26.2 Å². The van der Waals surface area contributed by atoms with Gasteiger partial charge in [0.2, 0.25) is 0 Å². The van der Waals surface area contributed by atoms with Crippen LogP contribution in [0.2, 0.25) is 0 Å². The summed E-state index contributed by atoms with van der Waals surface area (Å²) in [5.41, 5.74) is -0.00910. The number of methoxy groups -OCH3 is 1. The molecule has 1 N–H and O–H groups in total. The largest absolute Gasteiger partial charge is 0.494 e. The first-order valence-electron chi connectivity index (χ1n) is 7.72. The van der Waals surface area contributed by atoms with Crippen molar-refractivity contribution < 1.29 is 23.5 Å². The van der Waals surface area contributed by atoms with Gasteiger partial charge in [0.05, 0.1) is 18.9 Å². The minimum atomic E-state index is -1.06. The van der Waals surface area contributed by atoms with E-state index in [4.69, 9.17) is 9.47 Å². The van der Waals surface area contributed by atoms with Crippen molar-refractivity contribution >= 4 is 17.7 Å². The topological polar surface area (TPSA) is 82.4 Å². The van der Waals surface area contributed by atoms with E-state index >= 15 is 0 Å². The van der Waals surface area contributed by atoms with Gasteiger partial charge in [-0.3, -0.25) is 4.79 Å². The molecule has 1 aromatic heterocycles. The first kappa shape index (κ1) is 18.4. The van der Waals surface area contributed by atoms with Gasteiger partial charge >= 0.3 is 5.97 Å². The Morgan fingerprint density at radius 3 is 2.56 bits per heavy atom.